The van der Waals surface area contributed by atoms with E-state index in [-0.39, 0.29) is 30.3 Å². The fourth-order valence-corrected chi connectivity index (χ4v) is 2.88. The Kier molecular flexibility index (Phi) is 6.08. The molecule has 0 N–H and O–H groups in total. The molecule has 0 radical (unpaired) electrons. The van der Waals surface area contributed by atoms with Gasteiger partial charge in [-0.1, -0.05) is 20.8 Å². The van der Waals surface area contributed by atoms with Crippen LogP contribution in [0.15, 0.2) is 18.3 Å². The summed E-state index contributed by atoms with van der Waals surface area (Å²) < 4.78 is 2.05. The summed E-state index contributed by atoms with van der Waals surface area (Å²) in [5.41, 5.74) is 1.13. The second-order valence-corrected chi connectivity index (χ2v) is 7.24. The molecular weight excluding hydrogens is 302 g/mol. The Labute approximate surface area is 145 Å². The van der Waals surface area contributed by atoms with Crippen molar-refractivity contribution in [1.29, 1.82) is 0 Å². The first kappa shape index (κ1) is 18.6. The third-order valence-corrected chi connectivity index (χ3v) is 4.90. The number of amides is 2. The summed E-state index contributed by atoms with van der Waals surface area (Å²) in [6.45, 7) is 8.67. The molecule has 1 unspecified atom stereocenters. The van der Waals surface area contributed by atoms with Crippen molar-refractivity contribution in [3.8, 4) is 0 Å². The van der Waals surface area contributed by atoms with Crippen LogP contribution in [-0.2, 0) is 23.2 Å². The normalized spacial score (nSPS) is 15.4. The van der Waals surface area contributed by atoms with Gasteiger partial charge in [0.25, 0.3) is 0 Å². The molecule has 1 fully saturated rings. The van der Waals surface area contributed by atoms with Crippen LogP contribution in [0, 0.1) is 5.92 Å². The van der Waals surface area contributed by atoms with Gasteiger partial charge in [-0.05, 0) is 38.3 Å². The molecule has 24 heavy (non-hydrogen) atoms. The summed E-state index contributed by atoms with van der Waals surface area (Å²) in [6.07, 6.45) is 4.99. The second-order valence-electron chi connectivity index (χ2n) is 7.24. The van der Waals surface area contributed by atoms with Crippen LogP contribution in [0.25, 0.3) is 0 Å². The molecule has 1 heterocycles. The average molecular weight is 333 g/mol. The molecule has 2 amide bonds. The Balaban J connectivity index is 2.10. The second kappa shape index (κ2) is 7.86. The molecule has 1 saturated carbocycles. The number of carbonyl (C=O) groups excluding carboxylic acids is 2. The Morgan fingerprint density at radius 1 is 1.29 bits per heavy atom. The van der Waals surface area contributed by atoms with E-state index in [1.165, 1.54) is 0 Å². The first-order valence-corrected chi connectivity index (χ1v) is 9.05. The minimum absolute atomic E-state index is 0.0623. The van der Waals surface area contributed by atoms with Gasteiger partial charge < -0.3 is 14.4 Å². The van der Waals surface area contributed by atoms with E-state index in [0.717, 1.165) is 25.0 Å². The quantitative estimate of drug-likeness (QED) is 0.734. The van der Waals surface area contributed by atoms with E-state index in [1.807, 2.05) is 55.6 Å². The Bertz CT molecular complexity index is 575. The predicted octanol–water partition coefficient (Wildman–Crippen LogP) is 2.80. The topological polar surface area (TPSA) is 45.6 Å². The van der Waals surface area contributed by atoms with Crippen molar-refractivity contribution in [3.05, 3.63) is 24.0 Å². The summed E-state index contributed by atoms with van der Waals surface area (Å²) in [4.78, 5) is 29.2. The highest BCUT2D eigenvalue weighted by molar-refractivity contribution is 5.86. The van der Waals surface area contributed by atoms with E-state index in [9.17, 15) is 9.59 Å². The molecule has 1 aromatic rings. The lowest BCUT2D eigenvalue weighted by Gasteiger charge is -2.32. The molecule has 1 aromatic heterocycles. The number of hydrogen-bond donors (Lipinski definition) is 0. The monoisotopic (exact) mass is 333 g/mol. The summed E-state index contributed by atoms with van der Waals surface area (Å²) in [6, 6.07) is 4.47. The highest BCUT2D eigenvalue weighted by Crippen LogP contribution is 2.29. The van der Waals surface area contributed by atoms with Crippen molar-refractivity contribution in [2.24, 2.45) is 13.0 Å². The van der Waals surface area contributed by atoms with E-state index >= 15 is 0 Å². The summed E-state index contributed by atoms with van der Waals surface area (Å²) in [7, 11) is 2.00. The van der Waals surface area contributed by atoms with Crippen LogP contribution in [0.4, 0.5) is 0 Å². The maximum absolute atomic E-state index is 12.9. The van der Waals surface area contributed by atoms with Crippen LogP contribution in [0.1, 0.15) is 52.7 Å². The summed E-state index contributed by atoms with van der Waals surface area (Å²) in [5.74, 6) is 0.0364. The number of nitrogens with zero attached hydrogens (tertiary/aromatic N) is 3. The van der Waals surface area contributed by atoms with Gasteiger partial charge in [-0.3, -0.25) is 9.59 Å². The fourth-order valence-electron chi connectivity index (χ4n) is 2.88. The molecule has 0 bridgehead atoms. The molecule has 0 aromatic carbocycles. The van der Waals surface area contributed by atoms with E-state index in [4.69, 9.17) is 0 Å². The highest BCUT2D eigenvalue weighted by atomic mass is 16.2. The molecule has 5 heteroatoms. The molecule has 1 atom stereocenters. The minimum atomic E-state index is -0.0888. The van der Waals surface area contributed by atoms with Crippen LogP contribution in [0.5, 0.6) is 0 Å². The van der Waals surface area contributed by atoms with Crippen LogP contribution >= 0.6 is 0 Å². The molecule has 134 valence electrons. The first-order valence-electron chi connectivity index (χ1n) is 9.05. The molecule has 2 rings (SSSR count). The van der Waals surface area contributed by atoms with Crippen molar-refractivity contribution in [2.75, 3.05) is 6.54 Å². The first-order chi connectivity index (χ1) is 11.3. The predicted molar refractivity (Wildman–Crippen MR) is 95.3 cm³/mol. The van der Waals surface area contributed by atoms with E-state index in [0.29, 0.717) is 12.6 Å². The van der Waals surface area contributed by atoms with E-state index < -0.39 is 0 Å². The smallest absolute Gasteiger partial charge is 0.242 e. The summed E-state index contributed by atoms with van der Waals surface area (Å²) >= 11 is 0. The zero-order valence-electron chi connectivity index (χ0n) is 15.7. The number of rotatable bonds is 8. The molecule has 0 aliphatic heterocycles. The van der Waals surface area contributed by atoms with Gasteiger partial charge >= 0.3 is 0 Å². The largest absolute Gasteiger partial charge is 0.353 e. The van der Waals surface area contributed by atoms with Crippen molar-refractivity contribution in [3.63, 3.8) is 0 Å². The van der Waals surface area contributed by atoms with Crippen molar-refractivity contribution < 1.29 is 9.59 Å². The van der Waals surface area contributed by atoms with Crippen molar-refractivity contribution >= 4 is 11.8 Å². The zero-order valence-corrected chi connectivity index (χ0v) is 15.7. The van der Waals surface area contributed by atoms with Gasteiger partial charge in [0, 0.05) is 36.9 Å². The Morgan fingerprint density at radius 2 is 1.96 bits per heavy atom. The minimum Gasteiger partial charge on any atom is -0.353 e. The van der Waals surface area contributed by atoms with Gasteiger partial charge in [-0.2, -0.15) is 0 Å². The number of carbonyl (C=O) groups is 2. The SMILES string of the molecule is CCC(C)N(CC(=O)N(Cc1cccn1C)C1CC1)C(=O)C(C)C. The maximum Gasteiger partial charge on any atom is 0.242 e. The third-order valence-electron chi connectivity index (χ3n) is 4.90. The van der Waals surface area contributed by atoms with E-state index in [1.54, 1.807) is 4.90 Å². The van der Waals surface area contributed by atoms with Crippen molar-refractivity contribution in [1.82, 2.24) is 14.4 Å². The lowest BCUT2D eigenvalue weighted by Crippen LogP contribution is -2.48. The Hall–Kier alpha value is -1.78. The highest BCUT2D eigenvalue weighted by Gasteiger charge is 2.35. The average Bonchev–Trinajstić information content (AvgIpc) is 3.31. The van der Waals surface area contributed by atoms with Gasteiger partial charge in [0.05, 0.1) is 6.54 Å². The fraction of sp³-hybridized carbons (Fsp3) is 0.684. The van der Waals surface area contributed by atoms with E-state index in [2.05, 4.69) is 6.92 Å². The van der Waals surface area contributed by atoms with Gasteiger partial charge in [-0.15, -0.1) is 0 Å². The lowest BCUT2D eigenvalue weighted by molar-refractivity contribution is -0.145. The van der Waals surface area contributed by atoms with Gasteiger partial charge in [0.15, 0.2) is 0 Å². The molecule has 1 aliphatic carbocycles. The van der Waals surface area contributed by atoms with Crippen LogP contribution < -0.4 is 0 Å². The molecule has 5 nitrogen and oxygen atoms in total. The number of aromatic nitrogens is 1. The lowest BCUT2D eigenvalue weighted by atomic mass is 10.1. The van der Waals surface area contributed by atoms with Crippen LogP contribution in [0.3, 0.4) is 0 Å². The zero-order chi connectivity index (χ0) is 17.9. The number of aryl methyl sites for hydroxylation is 1. The third kappa shape index (κ3) is 4.40. The standard InChI is InChI=1S/C19H31N3O2/c1-6-15(4)21(19(24)14(2)3)13-18(23)22(16-9-10-16)12-17-8-7-11-20(17)5/h7-8,11,14-16H,6,9-10,12-13H2,1-5H3. The van der Waals surface area contributed by atoms with Crippen LogP contribution in [-0.4, -0.2) is 44.8 Å². The van der Waals surface area contributed by atoms with Crippen LogP contribution in [0.2, 0.25) is 0 Å². The van der Waals surface area contributed by atoms with Gasteiger partial charge in [0.1, 0.15) is 6.54 Å². The van der Waals surface area contributed by atoms with Crippen molar-refractivity contribution in [2.45, 2.75) is 65.6 Å². The summed E-state index contributed by atoms with van der Waals surface area (Å²) in [5, 5.41) is 0. The molecule has 1 aliphatic rings. The van der Waals surface area contributed by atoms with Gasteiger partial charge in [0.2, 0.25) is 11.8 Å². The molecular formula is C19H31N3O2. The Morgan fingerprint density at radius 3 is 2.42 bits per heavy atom. The number of hydrogen-bond acceptors (Lipinski definition) is 2. The maximum atomic E-state index is 12.9. The van der Waals surface area contributed by atoms with Gasteiger partial charge in [-0.25, -0.2) is 0 Å². The molecule has 0 spiro atoms. The molecule has 0 saturated heterocycles.